The van der Waals surface area contributed by atoms with Crippen molar-refractivity contribution < 1.29 is 19.1 Å². The van der Waals surface area contributed by atoms with E-state index in [4.69, 9.17) is 9.84 Å². The first-order valence-electron chi connectivity index (χ1n) is 11.4. The summed E-state index contributed by atoms with van der Waals surface area (Å²) in [6, 6.07) is 11.4. The summed E-state index contributed by atoms with van der Waals surface area (Å²) in [7, 11) is 0. The number of amides is 2. The van der Waals surface area contributed by atoms with Crippen molar-refractivity contribution in [1.82, 2.24) is 14.7 Å². The van der Waals surface area contributed by atoms with Gasteiger partial charge in [0.05, 0.1) is 31.0 Å². The molecule has 0 radical (unpaired) electrons. The lowest BCUT2D eigenvalue weighted by Gasteiger charge is -2.24. The van der Waals surface area contributed by atoms with Crippen LogP contribution in [0.1, 0.15) is 60.1 Å². The Bertz CT molecular complexity index is 945. The zero-order chi connectivity index (χ0) is 24.6. The Kier molecular flexibility index (Phi) is 9.20. The minimum atomic E-state index is -0.415. The maximum atomic E-state index is 13.0. The molecule has 0 unspecified atom stereocenters. The van der Waals surface area contributed by atoms with Crippen LogP contribution in [0, 0.1) is 5.92 Å². The molecule has 180 valence electrons. The number of carbonyl (C=O) groups is 3. The number of aromatic nitrogens is 2. The van der Waals surface area contributed by atoms with Crippen molar-refractivity contribution in [2.24, 2.45) is 5.92 Å². The Morgan fingerprint density at radius 1 is 1.12 bits per heavy atom. The van der Waals surface area contributed by atoms with Crippen molar-refractivity contribution in [3.8, 4) is 5.69 Å². The Hall–Kier alpha value is -3.16. The summed E-state index contributed by atoms with van der Waals surface area (Å²) in [4.78, 5) is 38.8. The first-order valence-corrected chi connectivity index (χ1v) is 11.4. The van der Waals surface area contributed by atoms with Gasteiger partial charge in [0.25, 0.3) is 0 Å². The number of anilines is 1. The number of ether oxygens (including phenoxy) is 1. The molecule has 1 heterocycles. The van der Waals surface area contributed by atoms with Crippen molar-refractivity contribution in [1.29, 1.82) is 0 Å². The van der Waals surface area contributed by atoms with Gasteiger partial charge in [-0.15, -0.1) is 0 Å². The van der Waals surface area contributed by atoms with E-state index in [9.17, 15) is 14.4 Å². The van der Waals surface area contributed by atoms with E-state index in [0.717, 1.165) is 11.4 Å². The molecule has 0 aliphatic heterocycles. The van der Waals surface area contributed by atoms with E-state index < -0.39 is 5.97 Å². The standard InChI is InChI=1S/C25H36N4O4/c1-7-33-24(32)14-13-23(31)28(16-18(2)3)17-22(30)26-21-15-20(25(4,5)6)27-29(21)19-11-9-8-10-12-19/h8-12,15,18H,7,13-14,16-17H2,1-6H3,(H,26,30). The molecule has 8 nitrogen and oxygen atoms in total. The lowest BCUT2D eigenvalue weighted by Crippen LogP contribution is -2.40. The van der Waals surface area contributed by atoms with Gasteiger partial charge in [-0.3, -0.25) is 14.4 Å². The Balaban J connectivity index is 2.18. The van der Waals surface area contributed by atoms with Crippen LogP contribution in [0.3, 0.4) is 0 Å². The molecule has 2 rings (SSSR count). The molecule has 0 bridgehead atoms. The average molecular weight is 457 g/mol. The molecule has 1 N–H and O–H groups in total. The second kappa shape index (κ2) is 11.6. The summed E-state index contributed by atoms with van der Waals surface area (Å²) in [5, 5.41) is 7.63. The van der Waals surface area contributed by atoms with Gasteiger partial charge >= 0.3 is 5.97 Å². The van der Waals surface area contributed by atoms with Gasteiger partial charge < -0.3 is 15.0 Å². The number of rotatable bonds is 10. The molecule has 8 heteroatoms. The number of hydrogen-bond donors (Lipinski definition) is 1. The first-order chi connectivity index (χ1) is 15.5. The lowest BCUT2D eigenvalue weighted by atomic mass is 9.92. The molecule has 0 aliphatic rings. The smallest absolute Gasteiger partial charge is 0.306 e. The van der Waals surface area contributed by atoms with Gasteiger partial charge in [0.2, 0.25) is 11.8 Å². The molecule has 1 aromatic heterocycles. The normalized spacial score (nSPS) is 11.4. The summed E-state index contributed by atoms with van der Waals surface area (Å²) in [5.74, 6) is -0.274. The van der Waals surface area contributed by atoms with Crippen LogP contribution in [0.25, 0.3) is 5.69 Å². The van der Waals surface area contributed by atoms with Crippen molar-refractivity contribution in [3.05, 3.63) is 42.1 Å². The molecule has 0 aliphatic carbocycles. The van der Waals surface area contributed by atoms with Gasteiger partial charge in [0, 0.05) is 24.4 Å². The highest BCUT2D eigenvalue weighted by molar-refractivity contribution is 5.94. The SMILES string of the molecule is CCOC(=O)CCC(=O)N(CC(=O)Nc1cc(C(C)(C)C)nn1-c1ccccc1)CC(C)C. The lowest BCUT2D eigenvalue weighted by molar-refractivity contribution is -0.146. The van der Waals surface area contributed by atoms with Gasteiger partial charge in [0.1, 0.15) is 5.82 Å². The molecule has 0 spiro atoms. The molecule has 0 atom stereocenters. The Morgan fingerprint density at radius 3 is 2.36 bits per heavy atom. The molecule has 0 saturated carbocycles. The van der Waals surface area contributed by atoms with E-state index >= 15 is 0 Å². The Morgan fingerprint density at radius 2 is 1.79 bits per heavy atom. The van der Waals surface area contributed by atoms with Crippen LogP contribution in [0.4, 0.5) is 5.82 Å². The van der Waals surface area contributed by atoms with E-state index in [0.29, 0.717) is 12.4 Å². The highest BCUT2D eigenvalue weighted by Crippen LogP contribution is 2.26. The van der Waals surface area contributed by atoms with E-state index in [-0.39, 0.29) is 49.1 Å². The summed E-state index contributed by atoms with van der Waals surface area (Å²) < 4.78 is 6.60. The fraction of sp³-hybridized carbons (Fsp3) is 0.520. The fourth-order valence-electron chi connectivity index (χ4n) is 3.25. The van der Waals surface area contributed by atoms with E-state index in [2.05, 4.69) is 26.1 Å². The maximum absolute atomic E-state index is 13.0. The monoisotopic (exact) mass is 456 g/mol. The number of carbonyl (C=O) groups excluding carboxylic acids is 3. The quantitative estimate of drug-likeness (QED) is 0.547. The van der Waals surface area contributed by atoms with Crippen LogP contribution in [0.5, 0.6) is 0 Å². The number of nitrogens with zero attached hydrogens (tertiary/aromatic N) is 3. The van der Waals surface area contributed by atoms with Crippen LogP contribution in [0.2, 0.25) is 0 Å². The molecule has 1 aromatic carbocycles. The topological polar surface area (TPSA) is 93.5 Å². The van der Waals surface area contributed by atoms with Crippen molar-refractivity contribution >= 4 is 23.6 Å². The van der Waals surface area contributed by atoms with Crippen molar-refractivity contribution in [2.45, 2.75) is 59.8 Å². The molecular formula is C25H36N4O4. The van der Waals surface area contributed by atoms with E-state index in [1.54, 1.807) is 11.6 Å². The zero-order valence-corrected chi connectivity index (χ0v) is 20.6. The molecule has 0 fully saturated rings. The third kappa shape index (κ3) is 8.04. The largest absolute Gasteiger partial charge is 0.466 e. The van der Waals surface area contributed by atoms with Gasteiger partial charge in [-0.1, -0.05) is 52.8 Å². The molecular weight excluding hydrogens is 420 g/mol. The predicted molar refractivity (Wildman–Crippen MR) is 128 cm³/mol. The third-order valence-corrected chi connectivity index (χ3v) is 4.87. The van der Waals surface area contributed by atoms with E-state index in [1.807, 2.05) is 50.2 Å². The zero-order valence-electron chi connectivity index (χ0n) is 20.6. The van der Waals surface area contributed by atoms with Crippen LogP contribution >= 0.6 is 0 Å². The maximum Gasteiger partial charge on any atom is 0.306 e. The number of nitrogens with one attached hydrogen (secondary N) is 1. The molecule has 0 saturated heterocycles. The van der Waals surface area contributed by atoms with Gasteiger partial charge in [-0.25, -0.2) is 4.68 Å². The second-order valence-corrected chi connectivity index (χ2v) is 9.43. The summed E-state index contributed by atoms with van der Waals surface area (Å²) in [6.45, 7) is 12.4. The van der Waals surface area contributed by atoms with Crippen molar-refractivity contribution in [3.63, 3.8) is 0 Å². The van der Waals surface area contributed by atoms with Gasteiger partial charge in [-0.05, 0) is 25.0 Å². The highest BCUT2D eigenvalue weighted by atomic mass is 16.5. The average Bonchev–Trinajstić information content (AvgIpc) is 3.16. The third-order valence-electron chi connectivity index (χ3n) is 4.87. The minimum absolute atomic E-state index is 0.00138. The highest BCUT2D eigenvalue weighted by Gasteiger charge is 2.23. The van der Waals surface area contributed by atoms with Gasteiger partial charge in [0.15, 0.2) is 0 Å². The minimum Gasteiger partial charge on any atom is -0.466 e. The number of benzene rings is 1. The molecule has 33 heavy (non-hydrogen) atoms. The van der Waals surface area contributed by atoms with Gasteiger partial charge in [-0.2, -0.15) is 5.10 Å². The summed E-state index contributed by atoms with van der Waals surface area (Å²) in [6.07, 6.45) is 0.00750. The number of hydrogen-bond acceptors (Lipinski definition) is 5. The summed E-state index contributed by atoms with van der Waals surface area (Å²) >= 11 is 0. The molecule has 2 amide bonds. The molecule has 2 aromatic rings. The first kappa shape index (κ1) is 26.1. The van der Waals surface area contributed by atoms with E-state index in [1.165, 1.54) is 4.90 Å². The van der Waals surface area contributed by atoms with Crippen LogP contribution in [-0.4, -0.2) is 52.2 Å². The Labute approximate surface area is 196 Å². The number of esters is 1. The number of para-hydroxylation sites is 1. The fourth-order valence-corrected chi connectivity index (χ4v) is 3.25. The summed E-state index contributed by atoms with van der Waals surface area (Å²) in [5.41, 5.74) is 1.46. The van der Waals surface area contributed by atoms with Crippen molar-refractivity contribution in [2.75, 3.05) is 25.0 Å². The predicted octanol–water partition coefficient (Wildman–Crippen LogP) is 3.94. The van der Waals surface area contributed by atoms with Crippen LogP contribution < -0.4 is 5.32 Å². The second-order valence-electron chi connectivity index (χ2n) is 9.43. The van der Waals surface area contributed by atoms with Crippen LogP contribution in [-0.2, 0) is 24.5 Å². The van der Waals surface area contributed by atoms with Crippen LogP contribution in [0.15, 0.2) is 36.4 Å².